The van der Waals surface area contributed by atoms with Crippen molar-refractivity contribution in [3.63, 3.8) is 0 Å². The lowest BCUT2D eigenvalue weighted by Crippen LogP contribution is -2.39. The van der Waals surface area contributed by atoms with E-state index >= 15 is 0 Å². The number of likely N-dealkylation sites (tertiary alicyclic amines) is 1. The van der Waals surface area contributed by atoms with Crippen molar-refractivity contribution >= 4 is 0 Å². The Morgan fingerprint density at radius 3 is 3.00 bits per heavy atom. The quantitative estimate of drug-likeness (QED) is 0.663. The van der Waals surface area contributed by atoms with E-state index in [1.807, 2.05) is 0 Å². The molecular formula is C10H18N2O. The second-order valence-corrected chi connectivity index (χ2v) is 3.64. The molecule has 74 valence electrons. The molecule has 0 aliphatic carbocycles. The molecule has 1 unspecified atom stereocenters. The van der Waals surface area contributed by atoms with Gasteiger partial charge in [-0.25, -0.2) is 0 Å². The van der Waals surface area contributed by atoms with Gasteiger partial charge in [-0.05, 0) is 32.2 Å². The maximum absolute atomic E-state index is 8.73. The molecule has 0 amide bonds. The predicted molar refractivity (Wildman–Crippen MR) is 51.1 cm³/mol. The molecule has 3 nitrogen and oxygen atoms in total. The Labute approximate surface area is 80.0 Å². The highest BCUT2D eigenvalue weighted by atomic mass is 16.2. The van der Waals surface area contributed by atoms with Crippen LogP contribution in [0.2, 0.25) is 0 Å². The molecule has 0 spiro atoms. The van der Waals surface area contributed by atoms with Gasteiger partial charge in [0, 0.05) is 12.6 Å². The summed E-state index contributed by atoms with van der Waals surface area (Å²) in [6, 6.07) is 2.75. The molecule has 0 radical (unpaired) electrons. The SMILES string of the molecule is N#CCN1CCCCC1CCCO. The van der Waals surface area contributed by atoms with E-state index in [1.165, 1.54) is 19.3 Å². The van der Waals surface area contributed by atoms with Crippen molar-refractivity contribution in [2.75, 3.05) is 19.7 Å². The van der Waals surface area contributed by atoms with E-state index in [4.69, 9.17) is 10.4 Å². The summed E-state index contributed by atoms with van der Waals surface area (Å²) in [5.41, 5.74) is 0. The van der Waals surface area contributed by atoms with Crippen LogP contribution in [0.15, 0.2) is 0 Å². The van der Waals surface area contributed by atoms with Crippen molar-refractivity contribution in [2.24, 2.45) is 0 Å². The highest BCUT2D eigenvalue weighted by molar-refractivity contribution is 4.84. The first kappa shape index (κ1) is 10.5. The van der Waals surface area contributed by atoms with Crippen LogP contribution in [0.1, 0.15) is 32.1 Å². The highest BCUT2D eigenvalue weighted by Crippen LogP contribution is 2.19. The van der Waals surface area contributed by atoms with Crippen molar-refractivity contribution in [1.82, 2.24) is 4.90 Å². The Balaban J connectivity index is 2.33. The van der Waals surface area contributed by atoms with Gasteiger partial charge in [0.2, 0.25) is 0 Å². The van der Waals surface area contributed by atoms with Crippen LogP contribution in [0.4, 0.5) is 0 Å². The summed E-state index contributed by atoms with van der Waals surface area (Å²) < 4.78 is 0. The maximum Gasteiger partial charge on any atom is 0.0868 e. The molecule has 1 atom stereocenters. The third-order valence-corrected chi connectivity index (χ3v) is 2.72. The van der Waals surface area contributed by atoms with Gasteiger partial charge < -0.3 is 5.11 Å². The van der Waals surface area contributed by atoms with Crippen molar-refractivity contribution in [3.05, 3.63) is 0 Å². The molecule has 1 rings (SSSR count). The number of nitriles is 1. The molecular weight excluding hydrogens is 164 g/mol. The van der Waals surface area contributed by atoms with E-state index in [0.29, 0.717) is 12.6 Å². The average Bonchev–Trinajstić information content (AvgIpc) is 2.17. The lowest BCUT2D eigenvalue weighted by Gasteiger charge is -2.33. The van der Waals surface area contributed by atoms with Crippen molar-refractivity contribution < 1.29 is 5.11 Å². The molecule has 0 saturated carbocycles. The molecule has 1 aliphatic rings. The van der Waals surface area contributed by atoms with Gasteiger partial charge in [0.1, 0.15) is 0 Å². The lowest BCUT2D eigenvalue weighted by molar-refractivity contribution is 0.147. The molecule has 1 heterocycles. The van der Waals surface area contributed by atoms with E-state index in [2.05, 4.69) is 11.0 Å². The van der Waals surface area contributed by atoms with Crippen LogP contribution in [0, 0.1) is 11.3 Å². The Morgan fingerprint density at radius 2 is 2.31 bits per heavy atom. The summed E-state index contributed by atoms with van der Waals surface area (Å²) in [5, 5.41) is 17.4. The van der Waals surface area contributed by atoms with Crippen LogP contribution in [0.3, 0.4) is 0 Å². The Kier molecular flexibility index (Phi) is 4.81. The summed E-state index contributed by atoms with van der Waals surface area (Å²) >= 11 is 0. The molecule has 1 N–H and O–H groups in total. The highest BCUT2D eigenvalue weighted by Gasteiger charge is 2.20. The molecule has 13 heavy (non-hydrogen) atoms. The van der Waals surface area contributed by atoms with Crippen LogP contribution in [-0.4, -0.2) is 35.7 Å². The van der Waals surface area contributed by atoms with Crippen LogP contribution in [0.5, 0.6) is 0 Å². The normalized spacial score (nSPS) is 24.2. The second kappa shape index (κ2) is 5.95. The van der Waals surface area contributed by atoms with Gasteiger partial charge in [0.25, 0.3) is 0 Å². The molecule has 0 aromatic rings. The summed E-state index contributed by atoms with van der Waals surface area (Å²) in [5.74, 6) is 0. The molecule has 1 aliphatic heterocycles. The fourth-order valence-corrected chi connectivity index (χ4v) is 2.01. The largest absolute Gasteiger partial charge is 0.396 e. The van der Waals surface area contributed by atoms with Crippen LogP contribution >= 0.6 is 0 Å². The second-order valence-electron chi connectivity index (χ2n) is 3.64. The Morgan fingerprint density at radius 1 is 1.46 bits per heavy atom. The molecule has 1 fully saturated rings. The number of hydrogen-bond acceptors (Lipinski definition) is 3. The van der Waals surface area contributed by atoms with Crippen molar-refractivity contribution in [1.29, 1.82) is 5.26 Å². The summed E-state index contributed by atoms with van der Waals surface area (Å²) in [6.45, 7) is 1.89. The smallest absolute Gasteiger partial charge is 0.0868 e. The van der Waals surface area contributed by atoms with Crippen LogP contribution < -0.4 is 0 Å². The molecule has 0 aromatic carbocycles. The van der Waals surface area contributed by atoms with Crippen molar-refractivity contribution in [3.8, 4) is 6.07 Å². The molecule has 0 bridgehead atoms. The van der Waals surface area contributed by atoms with E-state index in [1.54, 1.807) is 0 Å². The van der Waals surface area contributed by atoms with Crippen LogP contribution in [0.25, 0.3) is 0 Å². The fourth-order valence-electron chi connectivity index (χ4n) is 2.01. The van der Waals surface area contributed by atoms with E-state index in [9.17, 15) is 0 Å². The topological polar surface area (TPSA) is 47.3 Å². The first-order chi connectivity index (χ1) is 6.38. The predicted octanol–water partition coefficient (Wildman–Crippen LogP) is 1.14. The van der Waals surface area contributed by atoms with Gasteiger partial charge in [-0.1, -0.05) is 6.42 Å². The number of aliphatic hydroxyl groups is 1. The summed E-state index contributed by atoms with van der Waals surface area (Å²) in [6.07, 6.45) is 5.60. The van der Waals surface area contributed by atoms with Gasteiger partial charge in [-0.3, -0.25) is 4.90 Å². The number of rotatable bonds is 4. The number of aliphatic hydroxyl groups excluding tert-OH is 1. The zero-order valence-corrected chi connectivity index (χ0v) is 8.08. The summed E-state index contributed by atoms with van der Waals surface area (Å²) in [4.78, 5) is 2.25. The third kappa shape index (κ3) is 3.33. The standard InChI is InChI=1S/C10H18N2O/c11-6-8-12-7-2-1-4-10(12)5-3-9-13/h10,13H,1-5,7-9H2. The third-order valence-electron chi connectivity index (χ3n) is 2.72. The van der Waals surface area contributed by atoms with Gasteiger partial charge in [-0.15, -0.1) is 0 Å². The van der Waals surface area contributed by atoms with Crippen molar-refractivity contribution in [2.45, 2.75) is 38.1 Å². The summed E-state index contributed by atoms with van der Waals surface area (Å²) in [7, 11) is 0. The van der Waals surface area contributed by atoms with E-state index in [0.717, 1.165) is 19.4 Å². The van der Waals surface area contributed by atoms with Crippen LogP contribution in [-0.2, 0) is 0 Å². The monoisotopic (exact) mass is 182 g/mol. The zero-order valence-electron chi connectivity index (χ0n) is 8.08. The lowest BCUT2D eigenvalue weighted by atomic mass is 9.98. The minimum Gasteiger partial charge on any atom is -0.396 e. The van der Waals surface area contributed by atoms with E-state index < -0.39 is 0 Å². The van der Waals surface area contributed by atoms with Gasteiger partial charge >= 0.3 is 0 Å². The molecule has 0 aromatic heterocycles. The van der Waals surface area contributed by atoms with Gasteiger partial charge in [0.05, 0.1) is 12.6 Å². The number of hydrogen-bond donors (Lipinski definition) is 1. The molecule has 3 heteroatoms. The minimum atomic E-state index is 0.275. The number of piperidine rings is 1. The van der Waals surface area contributed by atoms with Gasteiger partial charge in [-0.2, -0.15) is 5.26 Å². The first-order valence-corrected chi connectivity index (χ1v) is 5.10. The zero-order chi connectivity index (χ0) is 9.52. The number of nitrogens with zero attached hydrogens (tertiary/aromatic N) is 2. The fraction of sp³-hybridized carbons (Fsp3) is 0.900. The minimum absolute atomic E-state index is 0.275. The average molecular weight is 182 g/mol. The van der Waals surface area contributed by atoms with Gasteiger partial charge in [0.15, 0.2) is 0 Å². The maximum atomic E-state index is 8.73. The Bertz CT molecular complexity index is 176. The first-order valence-electron chi connectivity index (χ1n) is 5.10. The Hall–Kier alpha value is -0.590. The van der Waals surface area contributed by atoms with E-state index in [-0.39, 0.29) is 6.61 Å². The molecule has 1 saturated heterocycles.